The van der Waals surface area contributed by atoms with E-state index in [1.54, 1.807) is 6.07 Å². The van der Waals surface area contributed by atoms with Crippen LogP contribution in [0, 0.1) is 12.7 Å². The highest BCUT2D eigenvalue weighted by Crippen LogP contribution is 2.17. The summed E-state index contributed by atoms with van der Waals surface area (Å²) in [5, 5.41) is 18.0. The zero-order valence-corrected chi connectivity index (χ0v) is 11.5. The van der Waals surface area contributed by atoms with Gasteiger partial charge in [0.15, 0.2) is 0 Å². The Morgan fingerprint density at radius 3 is 2.30 bits per heavy atom. The van der Waals surface area contributed by atoms with E-state index < -0.39 is 12.9 Å². The number of benzene rings is 2. The first-order valence-corrected chi connectivity index (χ1v) is 6.39. The molecule has 0 saturated heterocycles. The lowest BCUT2D eigenvalue weighted by atomic mass is 9.80. The predicted octanol–water partition coefficient (Wildman–Crippen LogP) is 1.45. The minimum Gasteiger partial charge on any atom is -0.423 e. The number of hydrogen-bond acceptors (Lipinski definition) is 3. The number of aryl methyl sites for hydroxylation is 1. The molecular weight excluding hydrogens is 256 g/mol. The van der Waals surface area contributed by atoms with Crippen LogP contribution < -0.4 is 10.4 Å². The van der Waals surface area contributed by atoms with Gasteiger partial charge in [0, 0.05) is 24.8 Å². The topological polar surface area (TPSA) is 43.7 Å². The summed E-state index contributed by atoms with van der Waals surface area (Å²) in [6.07, 6.45) is 0. The molecule has 3 nitrogen and oxygen atoms in total. The molecule has 0 saturated carbocycles. The molecule has 20 heavy (non-hydrogen) atoms. The molecule has 5 heteroatoms. The summed E-state index contributed by atoms with van der Waals surface area (Å²) in [4.78, 5) is 1.94. The van der Waals surface area contributed by atoms with Crippen LogP contribution in [0.5, 0.6) is 0 Å². The van der Waals surface area contributed by atoms with E-state index in [9.17, 15) is 4.39 Å². The summed E-state index contributed by atoms with van der Waals surface area (Å²) in [6, 6.07) is 12.2. The molecule has 0 aliphatic rings. The molecule has 0 amide bonds. The van der Waals surface area contributed by atoms with Crippen molar-refractivity contribution in [2.45, 2.75) is 13.5 Å². The van der Waals surface area contributed by atoms with Crippen molar-refractivity contribution in [1.29, 1.82) is 0 Å². The molecule has 2 aromatic rings. The molecule has 2 rings (SSSR count). The second-order valence-corrected chi connectivity index (χ2v) is 4.92. The summed E-state index contributed by atoms with van der Waals surface area (Å²) in [5.74, 6) is -0.436. The molecule has 104 valence electrons. The number of halogens is 1. The van der Waals surface area contributed by atoms with E-state index >= 15 is 0 Å². The zero-order chi connectivity index (χ0) is 14.7. The highest BCUT2D eigenvalue weighted by molar-refractivity contribution is 6.58. The molecule has 0 bridgehead atoms. The molecular formula is C15H17BFNO2. The highest BCUT2D eigenvalue weighted by atomic mass is 19.1. The third-order valence-electron chi connectivity index (χ3n) is 3.26. The number of hydrogen-bond donors (Lipinski definition) is 2. The Labute approximate surface area is 118 Å². The van der Waals surface area contributed by atoms with Crippen LogP contribution in [0.1, 0.15) is 11.1 Å². The minimum absolute atomic E-state index is 0.157. The van der Waals surface area contributed by atoms with Crippen LogP contribution in [0.2, 0.25) is 0 Å². The minimum atomic E-state index is -1.65. The average Bonchev–Trinajstić information content (AvgIpc) is 2.41. The Balaban J connectivity index is 2.15. The fourth-order valence-corrected chi connectivity index (χ4v) is 2.00. The van der Waals surface area contributed by atoms with Gasteiger partial charge in [-0.15, -0.1) is 0 Å². The summed E-state index contributed by atoms with van der Waals surface area (Å²) in [6.45, 7) is 2.43. The average molecular weight is 273 g/mol. The van der Waals surface area contributed by atoms with Gasteiger partial charge in [0.2, 0.25) is 0 Å². The van der Waals surface area contributed by atoms with E-state index in [2.05, 4.69) is 0 Å². The van der Waals surface area contributed by atoms with E-state index in [0.29, 0.717) is 12.1 Å². The highest BCUT2D eigenvalue weighted by Gasteiger charge is 2.14. The van der Waals surface area contributed by atoms with Gasteiger partial charge in [-0.05, 0) is 30.6 Å². The van der Waals surface area contributed by atoms with Crippen molar-refractivity contribution in [3.8, 4) is 0 Å². The maximum Gasteiger partial charge on any atom is 0.488 e. The Bertz CT molecular complexity index is 587. The van der Waals surface area contributed by atoms with E-state index in [0.717, 1.165) is 11.8 Å². The largest absolute Gasteiger partial charge is 0.488 e. The summed E-state index contributed by atoms with van der Waals surface area (Å²) in [5.41, 5.74) is 2.85. The molecule has 0 aliphatic carbocycles. The molecule has 0 fully saturated rings. The molecule has 0 atom stereocenters. The zero-order valence-electron chi connectivity index (χ0n) is 11.5. The Morgan fingerprint density at radius 1 is 1.10 bits per heavy atom. The van der Waals surface area contributed by atoms with Gasteiger partial charge >= 0.3 is 7.12 Å². The van der Waals surface area contributed by atoms with Gasteiger partial charge in [-0.2, -0.15) is 0 Å². The van der Waals surface area contributed by atoms with Gasteiger partial charge in [-0.25, -0.2) is 4.39 Å². The molecule has 0 aliphatic heterocycles. The number of nitrogens with zero attached hydrogens (tertiary/aromatic N) is 1. The maximum absolute atomic E-state index is 13.9. The smallest absolute Gasteiger partial charge is 0.423 e. The van der Waals surface area contributed by atoms with E-state index in [1.807, 2.05) is 43.1 Å². The summed E-state index contributed by atoms with van der Waals surface area (Å²) < 4.78 is 13.9. The molecule has 2 N–H and O–H groups in total. The lowest BCUT2D eigenvalue weighted by Crippen LogP contribution is -2.30. The van der Waals surface area contributed by atoms with Crippen molar-refractivity contribution < 1.29 is 14.4 Å². The molecule has 0 heterocycles. The quantitative estimate of drug-likeness (QED) is 0.829. The second-order valence-electron chi connectivity index (χ2n) is 4.92. The van der Waals surface area contributed by atoms with Crippen molar-refractivity contribution in [3.05, 3.63) is 59.4 Å². The van der Waals surface area contributed by atoms with E-state index in [4.69, 9.17) is 10.0 Å². The normalized spacial score (nSPS) is 10.4. The molecule has 0 aromatic heterocycles. The van der Waals surface area contributed by atoms with Gasteiger partial charge in [0.1, 0.15) is 5.82 Å². The third kappa shape index (κ3) is 3.38. The van der Waals surface area contributed by atoms with Gasteiger partial charge in [0.25, 0.3) is 0 Å². The molecule has 0 unspecified atom stereocenters. The Hall–Kier alpha value is -1.85. The summed E-state index contributed by atoms with van der Waals surface area (Å²) in [7, 11) is 0.243. The molecule has 0 spiro atoms. The van der Waals surface area contributed by atoms with Crippen LogP contribution in [0.3, 0.4) is 0 Å². The fourth-order valence-electron chi connectivity index (χ4n) is 2.00. The van der Waals surface area contributed by atoms with E-state index in [-0.39, 0.29) is 5.46 Å². The van der Waals surface area contributed by atoms with Crippen molar-refractivity contribution in [2.75, 3.05) is 11.9 Å². The van der Waals surface area contributed by atoms with E-state index in [1.165, 1.54) is 11.6 Å². The lowest BCUT2D eigenvalue weighted by molar-refractivity contribution is 0.425. The van der Waals surface area contributed by atoms with Gasteiger partial charge < -0.3 is 14.9 Å². The van der Waals surface area contributed by atoms with Crippen molar-refractivity contribution >= 4 is 18.3 Å². The van der Waals surface area contributed by atoms with Crippen molar-refractivity contribution in [1.82, 2.24) is 0 Å². The van der Waals surface area contributed by atoms with Crippen molar-refractivity contribution in [2.24, 2.45) is 0 Å². The van der Waals surface area contributed by atoms with Crippen LogP contribution in [0.15, 0.2) is 42.5 Å². The summed E-state index contributed by atoms with van der Waals surface area (Å²) >= 11 is 0. The Morgan fingerprint density at radius 2 is 1.75 bits per heavy atom. The lowest BCUT2D eigenvalue weighted by Gasteiger charge is -2.20. The predicted molar refractivity (Wildman–Crippen MR) is 79.5 cm³/mol. The standard InChI is InChI=1S/C15H17BFNO2/c1-11-3-7-14(8-4-11)18(2)10-12-5-6-13(16(19)20)9-15(12)17/h3-9,19-20H,10H2,1-2H3. The van der Waals surface area contributed by atoms with Crippen molar-refractivity contribution in [3.63, 3.8) is 0 Å². The maximum atomic E-state index is 13.9. The Kier molecular flexibility index (Phi) is 4.42. The molecule has 2 aromatic carbocycles. The third-order valence-corrected chi connectivity index (χ3v) is 3.26. The first kappa shape index (κ1) is 14.6. The first-order chi connectivity index (χ1) is 9.47. The number of anilines is 1. The SMILES string of the molecule is Cc1ccc(N(C)Cc2ccc(B(O)O)cc2F)cc1. The second kappa shape index (κ2) is 6.07. The molecule has 0 radical (unpaired) electrons. The van der Waals surface area contributed by atoms with Crippen LogP contribution >= 0.6 is 0 Å². The van der Waals surface area contributed by atoms with Crippen LogP contribution in [0.4, 0.5) is 10.1 Å². The van der Waals surface area contributed by atoms with Crippen LogP contribution in [-0.4, -0.2) is 24.2 Å². The first-order valence-electron chi connectivity index (χ1n) is 6.39. The fraction of sp³-hybridized carbons (Fsp3) is 0.200. The van der Waals surface area contributed by atoms with Gasteiger partial charge in [-0.3, -0.25) is 0 Å². The van der Waals surface area contributed by atoms with Gasteiger partial charge in [0.05, 0.1) is 0 Å². The van der Waals surface area contributed by atoms with Crippen LogP contribution in [-0.2, 0) is 6.54 Å². The monoisotopic (exact) mass is 273 g/mol. The number of rotatable bonds is 4. The van der Waals surface area contributed by atoms with Crippen LogP contribution in [0.25, 0.3) is 0 Å². The van der Waals surface area contributed by atoms with Gasteiger partial charge in [-0.1, -0.05) is 29.8 Å².